The van der Waals surface area contributed by atoms with Crippen molar-refractivity contribution in [3.8, 4) is 5.75 Å². The van der Waals surface area contributed by atoms with Crippen LogP contribution in [0.25, 0.3) is 0 Å². The number of hydrogen-bond donors (Lipinski definition) is 1. The molecular formula is C33H43F3O3. The summed E-state index contributed by atoms with van der Waals surface area (Å²) in [5.74, 6) is -0.944. The zero-order valence-electron chi connectivity index (χ0n) is 23.1. The maximum Gasteiger partial charge on any atom is 0.164 e. The van der Waals surface area contributed by atoms with Gasteiger partial charge in [0, 0.05) is 11.6 Å². The Labute approximate surface area is 231 Å². The fraction of sp³-hybridized carbons (Fsp3) is 0.576. The number of ether oxygens (including phenoxy) is 2. The van der Waals surface area contributed by atoms with E-state index >= 15 is 4.39 Å². The fourth-order valence-corrected chi connectivity index (χ4v) is 6.31. The molecule has 2 saturated carbocycles. The first-order valence-electron chi connectivity index (χ1n) is 14.7. The molecule has 2 aliphatic rings. The van der Waals surface area contributed by atoms with E-state index in [4.69, 9.17) is 9.47 Å². The van der Waals surface area contributed by atoms with Crippen molar-refractivity contribution < 1.29 is 27.8 Å². The van der Waals surface area contributed by atoms with Crippen LogP contribution in [0.2, 0.25) is 0 Å². The van der Waals surface area contributed by atoms with Gasteiger partial charge in [-0.15, -0.1) is 6.58 Å². The van der Waals surface area contributed by atoms with Gasteiger partial charge in [0.25, 0.3) is 0 Å². The first-order chi connectivity index (χ1) is 18.9. The predicted molar refractivity (Wildman–Crippen MR) is 148 cm³/mol. The SMILES string of the molecule is C=CCCOc1ccc(C2CCC(OCc3ccc(C4CCC(C(O)CCC)CC4)c(F)c3F)CC2)c(F)c1. The maximum atomic E-state index is 15.1. The summed E-state index contributed by atoms with van der Waals surface area (Å²) in [4.78, 5) is 0. The van der Waals surface area contributed by atoms with E-state index in [1.807, 2.05) is 12.1 Å². The monoisotopic (exact) mass is 544 g/mol. The van der Waals surface area contributed by atoms with E-state index in [2.05, 4.69) is 13.5 Å². The standard InChI is InChI=1S/C33H43F3O3/c1-3-5-19-38-27-16-18-28(30(34)20-27)22-11-14-26(15-12-22)39-21-25-13-17-29(33(36)32(25)35)23-7-9-24(10-8-23)31(37)6-4-2/h3,13,16-18,20,22-24,26,31,37H,1,4-12,14-15,19,21H2,2H3. The zero-order valence-corrected chi connectivity index (χ0v) is 23.1. The minimum absolute atomic E-state index is 0.0111. The lowest BCUT2D eigenvalue weighted by atomic mass is 9.76. The molecular weight excluding hydrogens is 501 g/mol. The van der Waals surface area contributed by atoms with Crippen LogP contribution in [0.4, 0.5) is 13.2 Å². The molecule has 0 bridgehead atoms. The first kappa shape index (κ1) is 29.7. The van der Waals surface area contributed by atoms with Crippen LogP contribution in [0.1, 0.15) is 106 Å². The molecule has 2 aromatic carbocycles. The van der Waals surface area contributed by atoms with Gasteiger partial charge in [-0.05, 0) is 99.2 Å². The van der Waals surface area contributed by atoms with E-state index in [9.17, 15) is 13.9 Å². The van der Waals surface area contributed by atoms with Gasteiger partial charge in [0.15, 0.2) is 11.6 Å². The van der Waals surface area contributed by atoms with Crippen LogP contribution in [0.5, 0.6) is 5.75 Å². The van der Waals surface area contributed by atoms with Gasteiger partial charge in [-0.25, -0.2) is 13.2 Å². The highest BCUT2D eigenvalue weighted by Gasteiger charge is 2.30. The molecule has 214 valence electrons. The minimum Gasteiger partial charge on any atom is -0.493 e. The van der Waals surface area contributed by atoms with E-state index in [-0.39, 0.29) is 47.9 Å². The molecule has 2 aromatic rings. The summed E-state index contributed by atoms with van der Waals surface area (Å²) in [5, 5.41) is 10.3. The van der Waals surface area contributed by atoms with Gasteiger partial charge in [-0.2, -0.15) is 0 Å². The Kier molecular flexibility index (Phi) is 10.9. The Balaban J connectivity index is 1.26. The zero-order chi connectivity index (χ0) is 27.8. The first-order valence-corrected chi connectivity index (χ1v) is 14.7. The summed E-state index contributed by atoms with van der Waals surface area (Å²) in [7, 11) is 0. The van der Waals surface area contributed by atoms with Crippen molar-refractivity contribution in [2.45, 2.75) is 108 Å². The lowest BCUT2D eigenvalue weighted by Gasteiger charge is -2.32. The number of benzene rings is 2. The quantitative estimate of drug-likeness (QED) is 0.214. The van der Waals surface area contributed by atoms with Crippen molar-refractivity contribution in [2.24, 2.45) is 5.92 Å². The van der Waals surface area contributed by atoms with Crippen LogP contribution in [0, 0.1) is 23.4 Å². The second-order valence-electron chi connectivity index (χ2n) is 11.3. The molecule has 1 N–H and O–H groups in total. The fourth-order valence-electron chi connectivity index (χ4n) is 6.31. The van der Waals surface area contributed by atoms with E-state index in [0.29, 0.717) is 29.9 Å². The highest BCUT2D eigenvalue weighted by Crippen LogP contribution is 2.40. The van der Waals surface area contributed by atoms with E-state index < -0.39 is 11.6 Å². The molecule has 0 spiro atoms. The van der Waals surface area contributed by atoms with Gasteiger partial charge >= 0.3 is 0 Å². The van der Waals surface area contributed by atoms with E-state index in [1.165, 1.54) is 6.07 Å². The third kappa shape index (κ3) is 7.67. The normalized spacial score (nSPS) is 24.3. The Morgan fingerprint density at radius 3 is 2.26 bits per heavy atom. The summed E-state index contributed by atoms with van der Waals surface area (Å²) < 4.78 is 56.3. The summed E-state index contributed by atoms with van der Waals surface area (Å²) in [6.07, 6.45) is 10.2. The Morgan fingerprint density at radius 2 is 1.59 bits per heavy atom. The van der Waals surface area contributed by atoms with Gasteiger partial charge in [-0.1, -0.05) is 37.6 Å². The third-order valence-corrected chi connectivity index (χ3v) is 8.68. The number of halogens is 3. The maximum absolute atomic E-state index is 15.1. The number of rotatable bonds is 12. The highest BCUT2D eigenvalue weighted by atomic mass is 19.2. The molecule has 6 heteroatoms. The smallest absolute Gasteiger partial charge is 0.164 e. The van der Waals surface area contributed by atoms with E-state index in [0.717, 1.165) is 64.2 Å². The van der Waals surface area contributed by atoms with Gasteiger partial charge < -0.3 is 14.6 Å². The molecule has 2 aliphatic carbocycles. The number of hydrogen-bond acceptors (Lipinski definition) is 3. The average molecular weight is 545 g/mol. The summed E-state index contributed by atoms with van der Waals surface area (Å²) in [5.41, 5.74) is 1.38. The Morgan fingerprint density at radius 1 is 0.923 bits per heavy atom. The second kappa shape index (κ2) is 14.4. The Bertz CT molecular complexity index is 1070. The number of aliphatic hydroxyl groups is 1. The predicted octanol–water partition coefficient (Wildman–Crippen LogP) is 8.74. The second-order valence-corrected chi connectivity index (χ2v) is 11.3. The van der Waals surface area contributed by atoms with Crippen LogP contribution < -0.4 is 4.74 Å². The molecule has 0 aromatic heterocycles. The van der Waals surface area contributed by atoms with Crippen LogP contribution in [-0.2, 0) is 11.3 Å². The molecule has 2 fully saturated rings. The van der Waals surface area contributed by atoms with Gasteiger partial charge in [-0.3, -0.25) is 0 Å². The van der Waals surface area contributed by atoms with Crippen LogP contribution in [0.3, 0.4) is 0 Å². The van der Waals surface area contributed by atoms with E-state index in [1.54, 1.807) is 18.2 Å². The topological polar surface area (TPSA) is 38.7 Å². The molecule has 39 heavy (non-hydrogen) atoms. The lowest BCUT2D eigenvalue weighted by Crippen LogP contribution is -2.25. The molecule has 0 saturated heterocycles. The van der Waals surface area contributed by atoms with Crippen LogP contribution in [0.15, 0.2) is 43.0 Å². The highest BCUT2D eigenvalue weighted by molar-refractivity contribution is 5.32. The van der Waals surface area contributed by atoms with Crippen molar-refractivity contribution in [3.05, 3.63) is 77.1 Å². The van der Waals surface area contributed by atoms with Crippen LogP contribution in [-0.4, -0.2) is 23.9 Å². The average Bonchev–Trinajstić information content (AvgIpc) is 2.95. The molecule has 1 atom stereocenters. The van der Waals surface area contributed by atoms with Crippen molar-refractivity contribution in [1.29, 1.82) is 0 Å². The minimum atomic E-state index is -0.813. The molecule has 3 nitrogen and oxygen atoms in total. The van der Waals surface area contributed by atoms with Gasteiger partial charge in [0.1, 0.15) is 11.6 Å². The van der Waals surface area contributed by atoms with Crippen LogP contribution >= 0.6 is 0 Å². The molecule has 0 radical (unpaired) electrons. The summed E-state index contributed by atoms with van der Waals surface area (Å²) >= 11 is 0. The van der Waals surface area contributed by atoms with Crippen molar-refractivity contribution in [3.63, 3.8) is 0 Å². The molecule has 1 unspecified atom stereocenters. The van der Waals surface area contributed by atoms with Crippen molar-refractivity contribution >= 4 is 0 Å². The molecule has 0 heterocycles. The van der Waals surface area contributed by atoms with Gasteiger partial charge in [0.05, 0.1) is 25.4 Å². The third-order valence-electron chi connectivity index (χ3n) is 8.68. The van der Waals surface area contributed by atoms with Crippen molar-refractivity contribution in [2.75, 3.05) is 6.61 Å². The Hall–Kier alpha value is -2.31. The lowest BCUT2D eigenvalue weighted by molar-refractivity contribution is 0.0116. The molecule has 4 rings (SSSR count). The largest absolute Gasteiger partial charge is 0.493 e. The number of aliphatic hydroxyl groups excluding tert-OH is 1. The van der Waals surface area contributed by atoms with Gasteiger partial charge in [0.2, 0.25) is 0 Å². The summed E-state index contributed by atoms with van der Waals surface area (Å²) in [6, 6.07) is 8.44. The van der Waals surface area contributed by atoms with Crippen molar-refractivity contribution in [1.82, 2.24) is 0 Å². The molecule has 0 amide bonds. The molecule has 0 aliphatic heterocycles. The summed E-state index contributed by atoms with van der Waals surface area (Å²) in [6.45, 7) is 6.22.